The number of esters is 1. The van der Waals surface area contributed by atoms with Gasteiger partial charge in [0, 0.05) is 26.1 Å². The van der Waals surface area contributed by atoms with Crippen molar-refractivity contribution in [3.05, 3.63) is 124 Å². The molecule has 494 valence electrons. The summed E-state index contributed by atoms with van der Waals surface area (Å²) in [5.74, 6) is 0.566. The topological polar surface area (TPSA) is 254 Å². The summed E-state index contributed by atoms with van der Waals surface area (Å²) in [7, 11) is 7.84. The second-order valence-corrected chi connectivity index (χ2v) is 25.7. The first-order chi connectivity index (χ1) is 44.4. The van der Waals surface area contributed by atoms with Crippen molar-refractivity contribution in [2.75, 3.05) is 61.9 Å². The summed E-state index contributed by atoms with van der Waals surface area (Å²) in [5.41, 5.74) is 6.89. The molecule has 2 saturated heterocycles. The number of piperidine rings is 1. The zero-order valence-electron chi connectivity index (χ0n) is 54.3. The van der Waals surface area contributed by atoms with E-state index in [4.69, 9.17) is 37.9 Å². The van der Waals surface area contributed by atoms with Gasteiger partial charge < -0.3 is 63.4 Å². The molecule has 92 heavy (non-hydrogen) atoms. The molecule has 4 heterocycles. The van der Waals surface area contributed by atoms with Gasteiger partial charge >= 0.3 is 5.97 Å². The monoisotopic (exact) mass is 1280 g/mol. The van der Waals surface area contributed by atoms with Crippen molar-refractivity contribution in [2.24, 2.45) is 11.3 Å². The van der Waals surface area contributed by atoms with E-state index in [0.29, 0.717) is 66.0 Å². The zero-order valence-corrected chi connectivity index (χ0v) is 55.1. The van der Waals surface area contributed by atoms with Gasteiger partial charge in [-0.3, -0.25) is 19.2 Å². The SMILES string of the molecule is COc1cccc(C(CCc2ccc(OCc3cn(CCOCC(=O)NC(C(=O)N4C[C@H](O)C[C@H]4C(=O)NCc4ccc(-c5scnc5C)cc4)C(C)(C)C)nn3)c(OC)c2)OC(=O)[C@H]2CCCCN2C(=O)C(c2cc(OC)c(OC)c(OC)c2)C2CCCCC2)c1. The van der Waals surface area contributed by atoms with Crippen LogP contribution in [0.25, 0.3) is 10.4 Å². The fraction of sp³-hybridized carbons (Fsp3) is 0.507. The molecular weight excluding hydrogens is 1200 g/mol. The molecule has 1 aliphatic carbocycles. The highest BCUT2D eigenvalue weighted by molar-refractivity contribution is 7.13. The normalized spacial score (nSPS) is 17.9. The summed E-state index contributed by atoms with van der Waals surface area (Å²) < 4.78 is 48.6. The smallest absolute Gasteiger partial charge is 0.329 e. The number of aliphatic hydroxyl groups excluding tert-OH is 1. The van der Waals surface area contributed by atoms with Gasteiger partial charge in [-0.05, 0) is 127 Å². The summed E-state index contributed by atoms with van der Waals surface area (Å²) in [6.07, 6.45) is 8.04. The minimum absolute atomic E-state index is 0.0466. The van der Waals surface area contributed by atoms with Gasteiger partial charge in [0.15, 0.2) is 23.0 Å². The Balaban J connectivity index is 0.768. The number of nitrogens with zero attached hydrogens (tertiary/aromatic N) is 6. The van der Waals surface area contributed by atoms with Crippen molar-refractivity contribution in [1.29, 1.82) is 0 Å². The maximum atomic E-state index is 15.2. The number of β-amino-alcohol motifs (C(OH)–C–C–N with tert-alkyl or cyclic N) is 1. The predicted octanol–water partition coefficient (Wildman–Crippen LogP) is 9.12. The number of aromatic nitrogens is 4. The second kappa shape index (κ2) is 31.8. The Labute approximate surface area is 542 Å². The average Bonchev–Trinajstić information content (AvgIpc) is 0.866. The number of benzene rings is 4. The quantitative estimate of drug-likeness (QED) is 0.0306. The summed E-state index contributed by atoms with van der Waals surface area (Å²) in [6.45, 7) is 8.13. The van der Waals surface area contributed by atoms with Gasteiger partial charge in [0.2, 0.25) is 29.4 Å². The fourth-order valence-electron chi connectivity index (χ4n) is 12.6. The van der Waals surface area contributed by atoms with Crippen LogP contribution in [0.5, 0.6) is 34.5 Å². The molecule has 6 atom stereocenters. The molecule has 6 aromatic rings. The maximum Gasteiger partial charge on any atom is 0.329 e. The Bertz CT molecular complexity index is 3450. The number of nitrogens with one attached hydrogen (secondary N) is 2. The van der Waals surface area contributed by atoms with Crippen LogP contribution in [-0.2, 0) is 59.6 Å². The van der Waals surface area contributed by atoms with Crippen LogP contribution in [0.2, 0.25) is 0 Å². The van der Waals surface area contributed by atoms with E-state index in [2.05, 4.69) is 25.9 Å². The van der Waals surface area contributed by atoms with Gasteiger partial charge in [0.05, 0.1) is 83.0 Å². The van der Waals surface area contributed by atoms with E-state index in [9.17, 15) is 24.3 Å². The summed E-state index contributed by atoms with van der Waals surface area (Å²) >= 11 is 1.56. The molecule has 2 aliphatic heterocycles. The fourth-order valence-corrected chi connectivity index (χ4v) is 13.4. The molecule has 22 nitrogen and oxygen atoms in total. The van der Waals surface area contributed by atoms with Crippen LogP contribution < -0.4 is 39.1 Å². The van der Waals surface area contributed by atoms with Gasteiger partial charge in [-0.25, -0.2) is 14.5 Å². The van der Waals surface area contributed by atoms with Crippen LogP contribution in [0.1, 0.15) is 131 Å². The minimum Gasteiger partial charge on any atom is -0.497 e. The van der Waals surface area contributed by atoms with Crippen LogP contribution in [-0.4, -0.2) is 151 Å². The van der Waals surface area contributed by atoms with Crippen molar-refractivity contribution in [1.82, 2.24) is 40.4 Å². The van der Waals surface area contributed by atoms with E-state index in [1.807, 2.05) is 112 Å². The van der Waals surface area contributed by atoms with Crippen LogP contribution in [0.15, 0.2) is 90.6 Å². The van der Waals surface area contributed by atoms with Crippen LogP contribution in [0, 0.1) is 18.3 Å². The number of aliphatic hydroxyl groups is 1. The van der Waals surface area contributed by atoms with Crippen molar-refractivity contribution < 1.29 is 67.0 Å². The summed E-state index contributed by atoms with van der Waals surface area (Å²) in [6, 6.07) is 22.0. The van der Waals surface area contributed by atoms with Gasteiger partial charge in [-0.2, -0.15) is 0 Å². The largest absolute Gasteiger partial charge is 0.497 e. The lowest BCUT2D eigenvalue weighted by Gasteiger charge is -2.40. The molecular formula is C69H88N8O14S. The number of carbonyl (C=O) groups excluding carboxylic acids is 5. The average molecular weight is 1290 g/mol. The summed E-state index contributed by atoms with van der Waals surface area (Å²) in [5, 5.41) is 24.9. The van der Waals surface area contributed by atoms with Crippen molar-refractivity contribution in [2.45, 2.75) is 154 Å². The molecule has 23 heteroatoms. The highest BCUT2D eigenvalue weighted by Gasteiger charge is 2.45. The lowest BCUT2D eigenvalue weighted by Crippen LogP contribution is -2.58. The van der Waals surface area contributed by atoms with E-state index in [1.165, 1.54) is 4.90 Å². The second-order valence-electron chi connectivity index (χ2n) is 24.9. The number of methoxy groups -OCH3 is 5. The van der Waals surface area contributed by atoms with Gasteiger partial charge in [-0.1, -0.05) is 87.7 Å². The van der Waals surface area contributed by atoms with E-state index in [-0.39, 0.29) is 57.7 Å². The third kappa shape index (κ3) is 17.0. The molecule has 3 fully saturated rings. The Hall–Kier alpha value is -8.28. The van der Waals surface area contributed by atoms with Crippen LogP contribution in [0.4, 0.5) is 0 Å². The number of hydrogen-bond acceptors (Lipinski definition) is 18. The van der Waals surface area contributed by atoms with Gasteiger partial charge in [0.25, 0.3) is 0 Å². The third-order valence-electron chi connectivity index (χ3n) is 17.5. The van der Waals surface area contributed by atoms with Gasteiger partial charge in [0.1, 0.15) is 48.9 Å². The molecule has 0 bridgehead atoms. The lowest BCUT2D eigenvalue weighted by atomic mass is 9.75. The Morgan fingerprint density at radius 3 is 2.17 bits per heavy atom. The number of likely N-dealkylation sites (tertiary alicyclic amines) is 2. The van der Waals surface area contributed by atoms with E-state index in [0.717, 1.165) is 83.3 Å². The van der Waals surface area contributed by atoms with Crippen LogP contribution in [0.3, 0.4) is 0 Å². The van der Waals surface area contributed by atoms with E-state index >= 15 is 4.79 Å². The summed E-state index contributed by atoms with van der Waals surface area (Å²) in [4.78, 5) is 79.5. The molecule has 0 radical (unpaired) electrons. The number of hydrogen-bond donors (Lipinski definition) is 3. The number of ether oxygens (including phenoxy) is 8. The molecule has 1 saturated carbocycles. The van der Waals surface area contributed by atoms with E-state index in [1.54, 1.807) is 62.7 Å². The first-order valence-electron chi connectivity index (χ1n) is 31.7. The van der Waals surface area contributed by atoms with Crippen LogP contribution >= 0.6 is 11.3 Å². The van der Waals surface area contributed by atoms with Crippen molar-refractivity contribution in [3.63, 3.8) is 0 Å². The first kappa shape index (κ1) is 68.1. The molecule has 4 aromatic carbocycles. The van der Waals surface area contributed by atoms with Gasteiger partial charge in [-0.15, -0.1) is 16.4 Å². The number of aryl methyl sites for hydroxylation is 2. The number of amides is 4. The highest BCUT2D eigenvalue weighted by atomic mass is 32.1. The first-order valence-corrected chi connectivity index (χ1v) is 32.5. The molecule has 2 aromatic heterocycles. The Kier molecular flexibility index (Phi) is 23.6. The standard InChI is InChI=1S/C69H88N8O14S/c1-43-63(92-42-71-43)47-25-21-45(22-26-47)37-70-65(80)54-36-51(78)39-77(54)67(82)64(69(2,3)4)72-60(79)41-89-31-30-75-38-50(73-74-75)40-90-56-28-24-44(32-57(56)85-6)23-27-55(48-18-15-19-52(33-48)84-5)91-68(83)53-20-13-14-29-76(53)66(81)61(46-16-11-10-12-17-46)49-34-58(86-7)62(88-9)59(35-49)87-8/h15,18-19,21-22,24-26,28,32-35,38,42,46,51,53-55,61,64,78H,10-14,16-17,20,23,27,29-31,36-37,39-41H2,1-9H3,(H,70,80)(H,72,79)/t51-,53-,54+,55?,61?,64?/m1/s1. The Morgan fingerprint density at radius 2 is 1.49 bits per heavy atom. The number of carbonyl (C=O) groups is 5. The number of thiazole rings is 1. The molecule has 3 aliphatic rings. The highest BCUT2D eigenvalue weighted by Crippen LogP contribution is 2.46. The molecule has 4 amide bonds. The predicted molar refractivity (Wildman–Crippen MR) is 345 cm³/mol. The van der Waals surface area contributed by atoms with Crippen molar-refractivity contribution in [3.8, 4) is 44.9 Å². The molecule has 0 spiro atoms. The molecule has 3 unspecified atom stereocenters. The van der Waals surface area contributed by atoms with E-state index < -0.39 is 65.4 Å². The Morgan fingerprint density at radius 1 is 0.761 bits per heavy atom. The molecule has 9 rings (SSSR count). The van der Waals surface area contributed by atoms with Crippen molar-refractivity contribution >= 4 is 40.9 Å². The minimum atomic E-state index is -1.02. The maximum absolute atomic E-state index is 15.2. The molecule has 3 N–H and O–H groups in total. The zero-order chi connectivity index (χ0) is 65.5. The third-order valence-corrected chi connectivity index (χ3v) is 18.5. The lowest BCUT2D eigenvalue weighted by molar-refractivity contribution is -0.163. The number of rotatable bonds is 28.